The normalized spacial score (nSPS) is 10.1. The summed E-state index contributed by atoms with van der Waals surface area (Å²) >= 11 is 4.54. The summed E-state index contributed by atoms with van der Waals surface area (Å²) in [6, 6.07) is 7.29. The highest BCUT2D eigenvalue weighted by atomic mass is 79.9. The van der Waals surface area contributed by atoms with Gasteiger partial charge in [0.25, 0.3) is 0 Å². The molecule has 0 saturated carbocycles. The van der Waals surface area contributed by atoms with Gasteiger partial charge in [-0.05, 0) is 32.0 Å². The molecule has 0 saturated heterocycles. The average molecular weight is 416 g/mol. The fraction of sp³-hybridized carbons (Fsp3) is 0.438. The minimum Gasteiger partial charge on any atom is -0.346 e. The van der Waals surface area contributed by atoms with E-state index in [1.807, 2.05) is 26.0 Å². The monoisotopic (exact) mass is 415 g/mol. The van der Waals surface area contributed by atoms with Gasteiger partial charge in [0.05, 0.1) is 18.1 Å². The van der Waals surface area contributed by atoms with Crippen LogP contribution in [0.15, 0.2) is 28.7 Å². The van der Waals surface area contributed by atoms with Crippen molar-refractivity contribution in [2.24, 2.45) is 0 Å². The predicted octanol–water partition coefficient (Wildman–Crippen LogP) is 2.11. The van der Waals surface area contributed by atoms with Crippen LogP contribution >= 0.6 is 27.7 Å². The molecule has 0 bridgehead atoms. The molecular formula is C16H22BrN3O3S. The van der Waals surface area contributed by atoms with Crippen LogP contribution in [-0.2, 0) is 14.4 Å². The minimum atomic E-state index is -0.254. The Labute approximate surface area is 154 Å². The quantitative estimate of drug-likeness (QED) is 0.647. The summed E-state index contributed by atoms with van der Waals surface area (Å²) in [5.41, 5.74) is 0.698. The van der Waals surface area contributed by atoms with E-state index in [0.29, 0.717) is 18.8 Å². The number of thioether (sulfide) groups is 1. The van der Waals surface area contributed by atoms with Gasteiger partial charge in [-0.2, -0.15) is 0 Å². The number of nitrogens with zero attached hydrogens (tertiary/aromatic N) is 1. The molecule has 0 unspecified atom stereocenters. The van der Waals surface area contributed by atoms with Crippen LogP contribution in [0, 0.1) is 0 Å². The summed E-state index contributed by atoms with van der Waals surface area (Å²) in [6.45, 7) is 5.02. The molecule has 3 amide bonds. The summed E-state index contributed by atoms with van der Waals surface area (Å²) in [5.74, 6) is -0.229. The zero-order chi connectivity index (χ0) is 17.9. The van der Waals surface area contributed by atoms with E-state index in [1.165, 1.54) is 11.8 Å². The van der Waals surface area contributed by atoms with Crippen LogP contribution in [0.3, 0.4) is 0 Å². The van der Waals surface area contributed by atoms with E-state index in [1.54, 1.807) is 17.0 Å². The van der Waals surface area contributed by atoms with E-state index in [2.05, 4.69) is 26.6 Å². The first kappa shape index (κ1) is 20.5. The molecule has 0 aliphatic rings. The Morgan fingerprint density at radius 1 is 1.12 bits per heavy atom. The van der Waals surface area contributed by atoms with Gasteiger partial charge in [0.15, 0.2) is 0 Å². The van der Waals surface area contributed by atoms with Crippen molar-refractivity contribution in [2.75, 3.05) is 36.5 Å². The highest BCUT2D eigenvalue weighted by Crippen LogP contribution is 2.15. The Morgan fingerprint density at radius 3 is 2.42 bits per heavy atom. The van der Waals surface area contributed by atoms with E-state index >= 15 is 0 Å². The maximum atomic E-state index is 11.8. The Balaban J connectivity index is 2.23. The molecule has 132 valence electrons. The number of halogens is 1. The molecule has 1 rings (SSSR count). The molecule has 0 aromatic heterocycles. The maximum Gasteiger partial charge on any atom is 0.241 e. The Hall–Kier alpha value is -1.54. The van der Waals surface area contributed by atoms with E-state index in [-0.39, 0.29) is 35.8 Å². The third-order valence-electron chi connectivity index (χ3n) is 3.13. The summed E-state index contributed by atoms with van der Waals surface area (Å²) in [6.07, 6.45) is 0. The largest absolute Gasteiger partial charge is 0.346 e. The maximum absolute atomic E-state index is 11.8. The van der Waals surface area contributed by atoms with Gasteiger partial charge in [0, 0.05) is 23.2 Å². The number of nitrogens with one attached hydrogen (secondary N) is 2. The van der Waals surface area contributed by atoms with Crippen molar-refractivity contribution in [2.45, 2.75) is 13.8 Å². The van der Waals surface area contributed by atoms with Gasteiger partial charge in [0.1, 0.15) is 0 Å². The van der Waals surface area contributed by atoms with Crippen molar-refractivity contribution in [1.82, 2.24) is 10.2 Å². The molecule has 0 aliphatic carbocycles. The molecule has 8 heteroatoms. The van der Waals surface area contributed by atoms with Crippen molar-refractivity contribution >= 4 is 51.1 Å². The number of benzene rings is 1. The van der Waals surface area contributed by atoms with E-state index in [4.69, 9.17) is 0 Å². The second-order valence-electron chi connectivity index (χ2n) is 4.89. The van der Waals surface area contributed by atoms with Crippen molar-refractivity contribution in [3.05, 3.63) is 28.7 Å². The van der Waals surface area contributed by atoms with Gasteiger partial charge in [-0.25, -0.2) is 0 Å². The van der Waals surface area contributed by atoms with Gasteiger partial charge >= 0.3 is 0 Å². The molecule has 0 heterocycles. The fourth-order valence-corrected chi connectivity index (χ4v) is 2.96. The number of likely N-dealkylation sites (N-methyl/N-ethyl adjacent to an activating group) is 1. The summed E-state index contributed by atoms with van der Waals surface area (Å²) in [5, 5.41) is 5.33. The van der Waals surface area contributed by atoms with Crippen LogP contribution < -0.4 is 10.6 Å². The minimum absolute atomic E-state index is 0.00862. The van der Waals surface area contributed by atoms with Crippen molar-refractivity contribution in [1.29, 1.82) is 0 Å². The molecule has 0 radical (unpaired) electrons. The van der Waals surface area contributed by atoms with Gasteiger partial charge in [-0.15, -0.1) is 11.8 Å². The molecule has 0 spiro atoms. The highest BCUT2D eigenvalue weighted by molar-refractivity contribution is 9.10. The summed E-state index contributed by atoms with van der Waals surface area (Å²) in [4.78, 5) is 36.9. The number of amides is 3. The lowest BCUT2D eigenvalue weighted by molar-refractivity contribution is -0.132. The molecule has 24 heavy (non-hydrogen) atoms. The van der Waals surface area contributed by atoms with Gasteiger partial charge in [-0.3, -0.25) is 14.4 Å². The lowest BCUT2D eigenvalue weighted by Crippen LogP contribution is -2.40. The van der Waals surface area contributed by atoms with Gasteiger partial charge < -0.3 is 15.5 Å². The molecule has 0 atom stereocenters. The zero-order valence-corrected chi connectivity index (χ0v) is 16.2. The highest BCUT2D eigenvalue weighted by Gasteiger charge is 2.11. The molecule has 1 aromatic carbocycles. The second kappa shape index (κ2) is 11.1. The lowest BCUT2D eigenvalue weighted by atomic mass is 10.3. The van der Waals surface area contributed by atoms with E-state index in [9.17, 15) is 14.4 Å². The SMILES string of the molecule is CCN(CC)C(=O)CNC(=O)CSCC(=O)Nc1cccc(Br)c1. The fourth-order valence-electron chi connectivity index (χ4n) is 1.91. The smallest absolute Gasteiger partial charge is 0.241 e. The number of hydrogen-bond donors (Lipinski definition) is 2. The summed E-state index contributed by atoms with van der Waals surface area (Å²) < 4.78 is 0.880. The van der Waals surface area contributed by atoms with Crippen LogP contribution in [0.1, 0.15) is 13.8 Å². The Bertz CT molecular complexity index is 579. The average Bonchev–Trinajstić information content (AvgIpc) is 2.54. The second-order valence-corrected chi connectivity index (χ2v) is 6.80. The molecule has 2 N–H and O–H groups in total. The summed E-state index contributed by atoms with van der Waals surface area (Å²) in [7, 11) is 0. The first-order chi connectivity index (χ1) is 11.5. The van der Waals surface area contributed by atoms with Crippen LogP contribution in [0.25, 0.3) is 0 Å². The molecular weight excluding hydrogens is 394 g/mol. The first-order valence-electron chi connectivity index (χ1n) is 7.63. The molecule has 0 aliphatic heterocycles. The lowest BCUT2D eigenvalue weighted by Gasteiger charge is -2.18. The molecule has 1 aromatic rings. The molecule has 6 nitrogen and oxygen atoms in total. The number of rotatable bonds is 9. The van der Waals surface area contributed by atoms with Crippen molar-refractivity contribution in [3.63, 3.8) is 0 Å². The van der Waals surface area contributed by atoms with Gasteiger partial charge in [-0.1, -0.05) is 22.0 Å². The Morgan fingerprint density at radius 2 is 1.79 bits per heavy atom. The number of carbonyl (C=O) groups is 3. The number of hydrogen-bond acceptors (Lipinski definition) is 4. The standard InChI is InChI=1S/C16H22BrN3O3S/c1-3-20(4-2)16(23)9-18-14(21)10-24-11-15(22)19-13-7-5-6-12(17)8-13/h5-8H,3-4,9-11H2,1-2H3,(H,18,21)(H,19,22). The number of anilines is 1. The third-order valence-corrected chi connectivity index (χ3v) is 4.55. The predicted molar refractivity (Wildman–Crippen MR) is 101 cm³/mol. The van der Waals surface area contributed by atoms with Crippen LogP contribution in [0.4, 0.5) is 5.69 Å². The van der Waals surface area contributed by atoms with E-state index in [0.717, 1.165) is 4.47 Å². The van der Waals surface area contributed by atoms with Crippen LogP contribution in [-0.4, -0.2) is 53.8 Å². The first-order valence-corrected chi connectivity index (χ1v) is 9.58. The number of carbonyl (C=O) groups excluding carboxylic acids is 3. The third kappa shape index (κ3) is 7.83. The van der Waals surface area contributed by atoms with Gasteiger partial charge in [0.2, 0.25) is 17.7 Å². The van der Waals surface area contributed by atoms with E-state index < -0.39 is 0 Å². The van der Waals surface area contributed by atoms with Crippen molar-refractivity contribution in [3.8, 4) is 0 Å². The van der Waals surface area contributed by atoms with Crippen molar-refractivity contribution < 1.29 is 14.4 Å². The topological polar surface area (TPSA) is 78.5 Å². The van der Waals surface area contributed by atoms with Crippen LogP contribution in [0.5, 0.6) is 0 Å². The molecule has 0 fully saturated rings. The van der Waals surface area contributed by atoms with Crippen LogP contribution in [0.2, 0.25) is 0 Å². The Kier molecular flexibility index (Phi) is 9.48. The zero-order valence-electron chi connectivity index (χ0n) is 13.8.